The molecule has 12 heteroatoms. The first kappa shape index (κ1) is 21.2. The van der Waals surface area contributed by atoms with Crippen molar-refractivity contribution in [2.45, 2.75) is 12.7 Å². The van der Waals surface area contributed by atoms with Crippen LogP contribution in [0.3, 0.4) is 0 Å². The highest BCUT2D eigenvalue weighted by atomic mass is 32.2. The molecule has 0 bridgehead atoms. The summed E-state index contributed by atoms with van der Waals surface area (Å²) < 4.78 is 61.5. The predicted octanol–water partition coefficient (Wildman–Crippen LogP) is 1.37. The highest BCUT2D eigenvalue weighted by Crippen LogP contribution is 2.19. The minimum atomic E-state index is -5.13. The van der Waals surface area contributed by atoms with Crippen LogP contribution in [0.2, 0.25) is 0 Å². The summed E-state index contributed by atoms with van der Waals surface area (Å²) >= 11 is 0. The molecular weight excluding hydrogens is 401 g/mol. The molecule has 0 saturated heterocycles. The van der Waals surface area contributed by atoms with Crippen LogP contribution in [-0.4, -0.2) is 37.6 Å². The number of amides is 2. The molecule has 2 amide bonds. The van der Waals surface area contributed by atoms with E-state index < -0.39 is 28.0 Å². The summed E-state index contributed by atoms with van der Waals surface area (Å²) in [5.41, 5.74) is 3.73. The van der Waals surface area contributed by atoms with E-state index in [2.05, 4.69) is 4.98 Å². The van der Waals surface area contributed by atoms with Crippen molar-refractivity contribution in [3.63, 3.8) is 0 Å². The molecule has 0 aliphatic rings. The van der Waals surface area contributed by atoms with E-state index in [0.29, 0.717) is 11.3 Å². The Bertz CT molecular complexity index is 948. The Labute approximate surface area is 158 Å². The minimum absolute atomic E-state index is 0.0292. The zero-order chi connectivity index (χ0) is 20.9. The van der Waals surface area contributed by atoms with Gasteiger partial charge in [-0.1, -0.05) is 12.1 Å². The molecule has 0 fully saturated rings. The molecule has 2 N–H and O–H groups in total. The number of carbonyl (C=O) groups excluding carboxylic acids is 2. The molecule has 2 rings (SSSR count). The molecule has 0 aliphatic heterocycles. The van der Waals surface area contributed by atoms with Gasteiger partial charge in [0.25, 0.3) is 5.91 Å². The first-order valence-electron chi connectivity index (χ1n) is 7.62. The van der Waals surface area contributed by atoms with Crippen molar-refractivity contribution in [3.05, 3.63) is 59.9 Å². The van der Waals surface area contributed by atoms with E-state index in [1.54, 1.807) is 17.6 Å². The maximum absolute atomic E-state index is 12.1. The van der Waals surface area contributed by atoms with Crippen molar-refractivity contribution >= 4 is 27.5 Å². The van der Waals surface area contributed by atoms with Gasteiger partial charge in [-0.3, -0.25) is 29.7 Å². The van der Waals surface area contributed by atoms with Gasteiger partial charge >= 0.3 is 12.1 Å². The van der Waals surface area contributed by atoms with Gasteiger partial charge in [-0.25, -0.2) is 8.42 Å². The molecule has 150 valence electrons. The first-order valence-corrected chi connectivity index (χ1v) is 9.47. The molecule has 1 heterocycles. The normalized spacial score (nSPS) is 11.6. The Morgan fingerprint density at radius 3 is 2.25 bits per heavy atom. The van der Waals surface area contributed by atoms with Crippen LogP contribution in [0.5, 0.6) is 0 Å². The molecule has 0 radical (unpaired) electrons. The topological polar surface area (TPSA) is 108 Å². The van der Waals surface area contributed by atoms with Crippen LogP contribution in [0.1, 0.15) is 15.9 Å². The van der Waals surface area contributed by atoms with E-state index >= 15 is 0 Å². The quantitative estimate of drug-likeness (QED) is 0.716. The van der Waals surface area contributed by atoms with Crippen LogP contribution in [0.15, 0.2) is 48.8 Å². The lowest BCUT2D eigenvalue weighted by molar-refractivity contribution is -0.174. The Hall–Kier alpha value is -3.15. The summed E-state index contributed by atoms with van der Waals surface area (Å²) in [5.74, 6) is -3.27. The highest BCUT2D eigenvalue weighted by Gasteiger charge is 2.39. The van der Waals surface area contributed by atoms with Crippen LogP contribution >= 0.6 is 0 Å². The van der Waals surface area contributed by atoms with Gasteiger partial charge in [-0.05, 0) is 29.8 Å². The number of hydrogen-bond acceptors (Lipinski definition) is 5. The molecule has 0 atom stereocenters. The molecular formula is C16H15F3N4O4S. The second-order valence-electron chi connectivity index (χ2n) is 5.58. The lowest BCUT2D eigenvalue weighted by Gasteiger charge is -2.22. The number of anilines is 1. The minimum Gasteiger partial charge on any atom is -0.267 e. The zero-order valence-electron chi connectivity index (χ0n) is 14.4. The fourth-order valence-electron chi connectivity index (χ4n) is 2.09. The second kappa shape index (κ2) is 8.25. The van der Waals surface area contributed by atoms with Gasteiger partial charge < -0.3 is 0 Å². The Morgan fingerprint density at radius 2 is 1.75 bits per heavy atom. The maximum Gasteiger partial charge on any atom is 0.472 e. The largest absolute Gasteiger partial charge is 0.472 e. The van der Waals surface area contributed by atoms with E-state index in [0.717, 1.165) is 10.6 Å². The summed E-state index contributed by atoms with van der Waals surface area (Å²) in [6, 6.07) is 8.60. The molecule has 0 saturated carbocycles. The van der Waals surface area contributed by atoms with Crippen molar-refractivity contribution in [1.29, 1.82) is 0 Å². The van der Waals surface area contributed by atoms with Crippen LogP contribution < -0.4 is 15.2 Å². The molecule has 28 heavy (non-hydrogen) atoms. The summed E-state index contributed by atoms with van der Waals surface area (Å²) in [6.07, 6.45) is -1.22. The van der Waals surface area contributed by atoms with Crippen LogP contribution in [0, 0.1) is 0 Å². The maximum atomic E-state index is 12.1. The average Bonchev–Trinajstić information content (AvgIpc) is 2.63. The average molecular weight is 416 g/mol. The number of aromatic nitrogens is 1. The Balaban J connectivity index is 2.09. The fourth-order valence-corrected chi connectivity index (χ4v) is 2.96. The van der Waals surface area contributed by atoms with Crippen LogP contribution in [0.25, 0.3) is 0 Å². The van der Waals surface area contributed by atoms with Crippen LogP contribution in [0.4, 0.5) is 18.9 Å². The Kier molecular flexibility index (Phi) is 6.23. The fraction of sp³-hybridized carbons (Fsp3) is 0.188. The number of nitrogens with zero attached hydrogens (tertiary/aromatic N) is 2. The number of nitrogens with one attached hydrogen (secondary N) is 2. The number of benzene rings is 1. The van der Waals surface area contributed by atoms with Crippen LogP contribution in [-0.2, 0) is 21.4 Å². The SMILES string of the molecule is CS(=O)(=O)N(Cc1ccc(C(=O)NNC(=O)C(F)(F)F)cc1)c1cccnc1. The third-order valence-corrected chi connectivity index (χ3v) is 4.56. The number of hydrazine groups is 1. The second-order valence-corrected chi connectivity index (χ2v) is 7.49. The third kappa shape index (κ3) is 5.67. The standard InChI is InChI=1S/C16H15F3N4O4S/c1-28(26,27)23(13-3-2-8-20-9-13)10-11-4-6-12(7-5-11)14(24)21-22-15(25)16(17,18)19/h2-9H,10H2,1H3,(H,21,24)(H,22,25). The number of sulfonamides is 1. The summed E-state index contributed by atoms with van der Waals surface area (Å²) in [5, 5.41) is 0. The highest BCUT2D eigenvalue weighted by molar-refractivity contribution is 7.92. The van der Waals surface area contributed by atoms with Crippen molar-refractivity contribution in [2.24, 2.45) is 0 Å². The molecule has 1 aromatic heterocycles. The summed E-state index contributed by atoms with van der Waals surface area (Å²) in [4.78, 5) is 26.3. The van der Waals surface area contributed by atoms with Gasteiger partial charge in [0.05, 0.1) is 24.7 Å². The number of pyridine rings is 1. The van der Waals surface area contributed by atoms with Crippen molar-refractivity contribution < 1.29 is 31.2 Å². The van der Waals surface area contributed by atoms with E-state index in [1.165, 1.54) is 42.1 Å². The summed E-state index contributed by atoms with van der Waals surface area (Å²) in [6.45, 7) is -0.0444. The zero-order valence-corrected chi connectivity index (χ0v) is 15.2. The molecule has 1 aromatic carbocycles. The van der Waals surface area contributed by atoms with Gasteiger partial charge in [-0.2, -0.15) is 13.2 Å². The summed E-state index contributed by atoms with van der Waals surface area (Å²) in [7, 11) is -3.61. The molecule has 0 aliphatic carbocycles. The lowest BCUT2D eigenvalue weighted by Crippen LogP contribution is -2.47. The number of halogens is 3. The number of rotatable bonds is 5. The van der Waals surface area contributed by atoms with Crippen molar-refractivity contribution in [1.82, 2.24) is 15.8 Å². The number of alkyl halides is 3. The van der Waals surface area contributed by atoms with Gasteiger partial charge in [0.1, 0.15) is 0 Å². The predicted molar refractivity (Wildman–Crippen MR) is 93.4 cm³/mol. The monoisotopic (exact) mass is 416 g/mol. The smallest absolute Gasteiger partial charge is 0.267 e. The molecule has 0 spiro atoms. The third-order valence-electron chi connectivity index (χ3n) is 3.42. The van der Waals surface area contributed by atoms with Gasteiger partial charge in [0.15, 0.2) is 0 Å². The van der Waals surface area contributed by atoms with Gasteiger partial charge in [0.2, 0.25) is 10.0 Å². The Morgan fingerprint density at radius 1 is 1.11 bits per heavy atom. The van der Waals surface area contributed by atoms with Crippen molar-refractivity contribution in [2.75, 3.05) is 10.6 Å². The van der Waals surface area contributed by atoms with Crippen molar-refractivity contribution in [3.8, 4) is 0 Å². The van der Waals surface area contributed by atoms with Gasteiger partial charge in [0, 0.05) is 11.8 Å². The first-order chi connectivity index (χ1) is 13.0. The molecule has 2 aromatic rings. The van der Waals surface area contributed by atoms with E-state index in [4.69, 9.17) is 0 Å². The van der Waals surface area contributed by atoms with E-state index in [-0.39, 0.29) is 12.1 Å². The number of carbonyl (C=O) groups is 2. The molecule has 0 unspecified atom stereocenters. The number of hydrogen-bond donors (Lipinski definition) is 2. The van der Waals surface area contributed by atoms with E-state index in [1.807, 2.05) is 0 Å². The van der Waals surface area contributed by atoms with Gasteiger partial charge in [-0.15, -0.1) is 0 Å². The molecule has 8 nitrogen and oxygen atoms in total. The van der Waals surface area contributed by atoms with E-state index in [9.17, 15) is 31.2 Å². The lowest BCUT2D eigenvalue weighted by atomic mass is 10.1.